The Balaban J connectivity index is 0.00000208. The van der Waals surface area contributed by atoms with Crippen LogP contribution >= 0.6 is 12.4 Å². The molecule has 3 aliphatic rings. The molecule has 140 valence electrons. The summed E-state index contributed by atoms with van der Waals surface area (Å²) in [6, 6.07) is 0. The van der Waals surface area contributed by atoms with Gasteiger partial charge in [-0.2, -0.15) is 17.0 Å². The van der Waals surface area contributed by atoms with Crippen molar-refractivity contribution in [3.8, 4) is 0 Å². The van der Waals surface area contributed by atoms with Gasteiger partial charge in [0.05, 0.1) is 18.8 Å². The van der Waals surface area contributed by atoms with E-state index in [1.165, 1.54) is 8.61 Å². The molecule has 0 aromatic heterocycles. The number of amides is 1. The molecule has 0 bridgehead atoms. The fraction of sp³-hybridized carbons (Fsp3) is 0.929. The highest BCUT2D eigenvalue weighted by atomic mass is 35.5. The van der Waals surface area contributed by atoms with E-state index in [1.54, 1.807) is 4.90 Å². The maximum Gasteiger partial charge on any atom is 0.282 e. The van der Waals surface area contributed by atoms with Gasteiger partial charge in [0.25, 0.3) is 10.2 Å². The SMILES string of the molecule is Cl.NC1(C(=O)N2CCN(S(=O)(=O)N3CCOCC3)CC2)CCCC1. The van der Waals surface area contributed by atoms with Crippen molar-refractivity contribution in [1.82, 2.24) is 13.5 Å². The second-order valence-corrected chi connectivity index (χ2v) is 8.50. The van der Waals surface area contributed by atoms with Crippen molar-refractivity contribution >= 4 is 28.5 Å². The molecule has 2 aliphatic heterocycles. The Hall–Kier alpha value is -0.450. The highest BCUT2D eigenvalue weighted by molar-refractivity contribution is 7.86. The van der Waals surface area contributed by atoms with Gasteiger partial charge < -0.3 is 15.4 Å². The van der Waals surface area contributed by atoms with Crippen LogP contribution in [0.15, 0.2) is 0 Å². The topological polar surface area (TPSA) is 96.2 Å². The fourth-order valence-electron chi connectivity index (χ4n) is 3.60. The number of piperazine rings is 1. The van der Waals surface area contributed by atoms with Crippen molar-refractivity contribution in [3.63, 3.8) is 0 Å². The summed E-state index contributed by atoms with van der Waals surface area (Å²) >= 11 is 0. The van der Waals surface area contributed by atoms with Crippen molar-refractivity contribution in [1.29, 1.82) is 0 Å². The molecule has 0 aromatic carbocycles. The molecule has 10 heteroatoms. The van der Waals surface area contributed by atoms with Crippen LogP contribution in [-0.4, -0.2) is 85.9 Å². The molecule has 0 aromatic rings. The number of nitrogens with zero attached hydrogens (tertiary/aromatic N) is 3. The van der Waals surface area contributed by atoms with E-state index < -0.39 is 15.7 Å². The molecule has 0 spiro atoms. The van der Waals surface area contributed by atoms with Gasteiger partial charge in [0.15, 0.2) is 0 Å². The van der Waals surface area contributed by atoms with E-state index in [2.05, 4.69) is 0 Å². The summed E-state index contributed by atoms with van der Waals surface area (Å²) in [5.74, 6) is -0.0154. The molecule has 1 saturated carbocycles. The molecule has 0 unspecified atom stereocenters. The van der Waals surface area contributed by atoms with Crippen LogP contribution < -0.4 is 5.73 Å². The van der Waals surface area contributed by atoms with E-state index in [0.29, 0.717) is 52.5 Å². The van der Waals surface area contributed by atoms with E-state index >= 15 is 0 Å². The quantitative estimate of drug-likeness (QED) is 0.703. The monoisotopic (exact) mass is 382 g/mol. The molecule has 8 nitrogen and oxygen atoms in total. The predicted molar refractivity (Wildman–Crippen MR) is 92.1 cm³/mol. The minimum atomic E-state index is -3.45. The highest BCUT2D eigenvalue weighted by Crippen LogP contribution is 2.29. The lowest BCUT2D eigenvalue weighted by Crippen LogP contribution is -2.60. The maximum atomic E-state index is 12.6. The van der Waals surface area contributed by atoms with Gasteiger partial charge in [-0.15, -0.1) is 12.4 Å². The van der Waals surface area contributed by atoms with Crippen molar-refractivity contribution in [2.75, 3.05) is 52.5 Å². The van der Waals surface area contributed by atoms with Gasteiger partial charge in [-0.25, -0.2) is 0 Å². The molecule has 24 heavy (non-hydrogen) atoms. The first-order valence-electron chi connectivity index (χ1n) is 8.35. The number of hydrogen-bond donors (Lipinski definition) is 1. The van der Waals surface area contributed by atoms with Crippen molar-refractivity contribution in [3.05, 3.63) is 0 Å². The second-order valence-electron chi connectivity index (χ2n) is 6.57. The molecule has 3 rings (SSSR count). The number of carbonyl (C=O) groups excluding carboxylic acids is 1. The summed E-state index contributed by atoms with van der Waals surface area (Å²) in [5, 5.41) is 0. The van der Waals surface area contributed by atoms with Crippen LogP contribution in [-0.2, 0) is 19.7 Å². The van der Waals surface area contributed by atoms with Crippen LogP contribution in [0.1, 0.15) is 25.7 Å². The third-order valence-electron chi connectivity index (χ3n) is 5.07. The fourth-order valence-corrected chi connectivity index (χ4v) is 5.16. The summed E-state index contributed by atoms with van der Waals surface area (Å²) < 4.78 is 33.4. The first-order valence-corrected chi connectivity index (χ1v) is 9.74. The third-order valence-corrected chi connectivity index (χ3v) is 7.11. The van der Waals surface area contributed by atoms with Gasteiger partial charge in [0.1, 0.15) is 0 Å². The van der Waals surface area contributed by atoms with Gasteiger partial charge >= 0.3 is 0 Å². The zero-order valence-corrected chi connectivity index (χ0v) is 15.5. The van der Waals surface area contributed by atoms with E-state index in [4.69, 9.17) is 10.5 Å². The van der Waals surface area contributed by atoms with Gasteiger partial charge in [-0.05, 0) is 12.8 Å². The molecule has 2 N–H and O–H groups in total. The highest BCUT2D eigenvalue weighted by Gasteiger charge is 2.42. The lowest BCUT2D eigenvalue weighted by atomic mass is 9.97. The van der Waals surface area contributed by atoms with E-state index in [1.807, 2.05) is 0 Å². The van der Waals surface area contributed by atoms with Crippen LogP contribution in [0.2, 0.25) is 0 Å². The van der Waals surface area contributed by atoms with Crippen LogP contribution in [0.5, 0.6) is 0 Å². The number of nitrogens with two attached hydrogens (primary N) is 1. The van der Waals surface area contributed by atoms with Crippen molar-refractivity contribution in [2.24, 2.45) is 5.73 Å². The lowest BCUT2D eigenvalue weighted by molar-refractivity contribution is -0.138. The molecule has 1 amide bonds. The van der Waals surface area contributed by atoms with Gasteiger partial charge in [-0.1, -0.05) is 12.8 Å². The van der Waals surface area contributed by atoms with Gasteiger partial charge in [0, 0.05) is 39.3 Å². The average molecular weight is 383 g/mol. The summed E-state index contributed by atoms with van der Waals surface area (Å²) in [4.78, 5) is 14.3. The summed E-state index contributed by atoms with van der Waals surface area (Å²) in [6.45, 7) is 3.17. The van der Waals surface area contributed by atoms with E-state index in [-0.39, 0.29) is 18.3 Å². The van der Waals surface area contributed by atoms with Crippen LogP contribution in [0, 0.1) is 0 Å². The van der Waals surface area contributed by atoms with Crippen molar-refractivity contribution in [2.45, 2.75) is 31.2 Å². The van der Waals surface area contributed by atoms with Crippen molar-refractivity contribution < 1.29 is 17.9 Å². The minimum absolute atomic E-state index is 0. The Labute approximate surface area is 149 Å². The smallest absolute Gasteiger partial charge is 0.282 e. The van der Waals surface area contributed by atoms with Crippen LogP contribution in [0.25, 0.3) is 0 Å². The Morgan fingerprint density at radius 3 is 1.96 bits per heavy atom. The standard InChI is InChI=1S/C14H26N4O4S.ClH/c15-14(3-1-2-4-14)13(19)16-5-7-17(8-6-16)23(20,21)18-9-11-22-12-10-18;/h1-12,15H2;1H. The Morgan fingerprint density at radius 1 is 0.917 bits per heavy atom. The lowest BCUT2D eigenvalue weighted by Gasteiger charge is -2.39. The second kappa shape index (κ2) is 7.84. The maximum absolute atomic E-state index is 12.6. The molecule has 3 fully saturated rings. The number of ether oxygens (including phenoxy) is 1. The average Bonchev–Trinajstić information content (AvgIpc) is 3.03. The molecular formula is C14H27ClN4O4S. The van der Waals surface area contributed by atoms with Gasteiger partial charge in [-0.3, -0.25) is 4.79 Å². The Morgan fingerprint density at radius 2 is 1.42 bits per heavy atom. The van der Waals surface area contributed by atoms with E-state index in [0.717, 1.165) is 25.7 Å². The number of morpholine rings is 1. The molecular weight excluding hydrogens is 356 g/mol. The molecule has 1 aliphatic carbocycles. The largest absolute Gasteiger partial charge is 0.379 e. The summed E-state index contributed by atoms with van der Waals surface area (Å²) in [7, 11) is -3.45. The number of rotatable bonds is 3. The van der Waals surface area contributed by atoms with Crippen LogP contribution in [0.4, 0.5) is 0 Å². The predicted octanol–water partition coefficient (Wildman–Crippen LogP) is -0.599. The summed E-state index contributed by atoms with van der Waals surface area (Å²) in [5.41, 5.74) is 5.49. The molecule has 2 saturated heterocycles. The first kappa shape index (κ1) is 19.9. The number of halogens is 1. The number of hydrogen-bond acceptors (Lipinski definition) is 5. The van der Waals surface area contributed by atoms with Gasteiger partial charge in [0.2, 0.25) is 5.91 Å². The minimum Gasteiger partial charge on any atom is -0.379 e. The molecule has 2 heterocycles. The zero-order chi connectivity index (χ0) is 16.5. The molecule has 0 atom stereocenters. The number of carbonyl (C=O) groups is 1. The third kappa shape index (κ3) is 3.86. The Kier molecular flexibility index (Phi) is 6.49. The summed E-state index contributed by atoms with van der Waals surface area (Å²) in [6.07, 6.45) is 3.46. The first-order chi connectivity index (χ1) is 10.9. The normalized spacial score (nSPS) is 26.1. The van der Waals surface area contributed by atoms with E-state index in [9.17, 15) is 13.2 Å². The molecule has 0 radical (unpaired) electrons. The van der Waals surface area contributed by atoms with Crippen LogP contribution in [0.3, 0.4) is 0 Å². The Bertz CT molecular complexity index is 539. The zero-order valence-electron chi connectivity index (χ0n) is 13.9.